The Kier molecular flexibility index (Phi) is 7.25. The van der Waals surface area contributed by atoms with Crippen LogP contribution in [0.4, 0.5) is 0 Å². The lowest BCUT2D eigenvalue weighted by Gasteiger charge is -2.18. The van der Waals surface area contributed by atoms with E-state index in [-0.39, 0.29) is 23.4 Å². The minimum absolute atomic E-state index is 0.00880. The third-order valence-corrected chi connectivity index (χ3v) is 8.31. The lowest BCUT2D eigenvalue weighted by molar-refractivity contribution is -0.120. The normalized spacial score (nSPS) is 13.7. The van der Waals surface area contributed by atoms with Crippen LogP contribution in [0.2, 0.25) is 0 Å². The highest BCUT2D eigenvalue weighted by Gasteiger charge is 2.31. The van der Waals surface area contributed by atoms with Crippen molar-refractivity contribution in [3.8, 4) is 11.5 Å². The van der Waals surface area contributed by atoms with E-state index in [2.05, 4.69) is 4.72 Å². The number of hydrogen-bond donors (Lipinski definition) is 1. The molecule has 1 unspecified atom stereocenters. The highest BCUT2D eigenvalue weighted by atomic mass is 32.2. The molecule has 206 valence electrons. The van der Waals surface area contributed by atoms with Crippen LogP contribution in [0.3, 0.4) is 0 Å². The summed E-state index contributed by atoms with van der Waals surface area (Å²) in [7, 11) is -2.29. The third kappa shape index (κ3) is 5.37. The Hall–Kier alpha value is -4.37. The van der Waals surface area contributed by atoms with Gasteiger partial charge in [-0.15, -0.1) is 0 Å². The Morgan fingerprint density at radius 1 is 0.950 bits per heavy atom. The minimum Gasteiger partial charge on any atom is -0.454 e. The molecule has 2 heterocycles. The maximum atomic E-state index is 13.9. The van der Waals surface area contributed by atoms with Crippen molar-refractivity contribution in [1.29, 1.82) is 0 Å². The standard InChI is InChI=1S/C31H30N2O6S/c1-19(2)22-8-11-24(12-9-22)40(36,37)32-31(35)30(23-10-14-28-29(16-23)39-18-38-28)26-17-33(4)27-15-21(6-5-20(3)34)7-13-25(26)27/h5-17,19,30H,18H2,1-4H3,(H,32,35)/b6-5+. The van der Waals surface area contributed by atoms with Gasteiger partial charge in [-0.05, 0) is 71.5 Å². The molecule has 0 bridgehead atoms. The van der Waals surface area contributed by atoms with E-state index in [9.17, 15) is 18.0 Å². The molecule has 3 aromatic carbocycles. The number of nitrogens with zero attached hydrogens (tertiary/aromatic N) is 1. The molecule has 4 aromatic rings. The summed E-state index contributed by atoms with van der Waals surface area (Å²) in [6, 6.07) is 17.3. The molecule has 1 N–H and O–H groups in total. The monoisotopic (exact) mass is 558 g/mol. The van der Waals surface area contributed by atoms with Crippen LogP contribution in [-0.2, 0) is 26.7 Å². The third-order valence-electron chi connectivity index (χ3n) is 6.95. The highest BCUT2D eigenvalue weighted by molar-refractivity contribution is 7.90. The van der Waals surface area contributed by atoms with Gasteiger partial charge >= 0.3 is 0 Å². The van der Waals surface area contributed by atoms with Crippen molar-refractivity contribution >= 4 is 38.7 Å². The molecule has 8 nitrogen and oxygen atoms in total. The van der Waals surface area contributed by atoms with E-state index >= 15 is 0 Å². The quantitative estimate of drug-likeness (QED) is 0.296. The number of amides is 1. The predicted octanol–water partition coefficient (Wildman–Crippen LogP) is 5.27. The molecule has 40 heavy (non-hydrogen) atoms. The molecule has 1 amide bonds. The van der Waals surface area contributed by atoms with Crippen LogP contribution in [0.15, 0.2) is 77.8 Å². The zero-order chi connectivity index (χ0) is 28.6. The van der Waals surface area contributed by atoms with Crippen LogP contribution in [0.25, 0.3) is 17.0 Å². The van der Waals surface area contributed by atoms with E-state index < -0.39 is 21.8 Å². The van der Waals surface area contributed by atoms with E-state index in [0.717, 1.165) is 22.0 Å². The van der Waals surface area contributed by atoms with Gasteiger partial charge in [0.1, 0.15) is 0 Å². The highest BCUT2D eigenvalue weighted by Crippen LogP contribution is 2.39. The van der Waals surface area contributed by atoms with E-state index in [1.165, 1.54) is 25.1 Å². The summed E-state index contributed by atoms with van der Waals surface area (Å²) in [5.41, 5.74) is 3.83. The zero-order valence-electron chi connectivity index (χ0n) is 22.7. The number of allylic oxidation sites excluding steroid dienone is 1. The largest absolute Gasteiger partial charge is 0.454 e. The Labute approximate surface area is 233 Å². The summed E-state index contributed by atoms with van der Waals surface area (Å²) in [5.74, 6) is -0.444. The molecule has 1 aromatic heterocycles. The lowest BCUT2D eigenvalue weighted by atomic mass is 9.90. The molecule has 0 radical (unpaired) electrons. The fourth-order valence-electron chi connectivity index (χ4n) is 4.83. The second kappa shape index (κ2) is 10.7. The van der Waals surface area contributed by atoms with Crippen LogP contribution in [0.5, 0.6) is 11.5 Å². The fourth-order valence-corrected chi connectivity index (χ4v) is 5.82. The van der Waals surface area contributed by atoms with Gasteiger partial charge in [-0.1, -0.05) is 50.3 Å². The summed E-state index contributed by atoms with van der Waals surface area (Å²) in [6.07, 6.45) is 5.04. The first kappa shape index (κ1) is 27.2. The average molecular weight is 559 g/mol. The molecule has 0 spiro atoms. The number of ether oxygens (including phenoxy) is 2. The molecule has 5 rings (SSSR count). The lowest BCUT2D eigenvalue weighted by Crippen LogP contribution is -2.35. The summed E-state index contributed by atoms with van der Waals surface area (Å²) in [4.78, 5) is 25.3. The van der Waals surface area contributed by atoms with Crippen LogP contribution >= 0.6 is 0 Å². The Balaban J connectivity index is 1.57. The molecule has 1 aliphatic heterocycles. The maximum Gasteiger partial charge on any atom is 0.264 e. The molecule has 0 fully saturated rings. The van der Waals surface area contributed by atoms with Gasteiger partial charge in [0, 0.05) is 24.1 Å². The Morgan fingerprint density at radius 2 is 1.65 bits per heavy atom. The SMILES string of the molecule is CC(=O)/C=C/c1ccc2c(C(C(=O)NS(=O)(=O)c3ccc(C(C)C)cc3)c3ccc4c(c3)OCO4)cn(C)c2c1. The number of aromatic nitrogens is 1. The Morgan fingerprint density at radius 3 is 2.35 bits per heavy atom. The van der Waals surface area contributed by atoms with Gasteiger partial charge in [0.15, 0.2) is 17.3 Å². The van der Waals surface area contributed by atoms with E-state index in [1.807, 2.05) is 49.9 Å². The van der Waals surface area contributed by atoms with Crippen LogP contribution < -0.4 is 14.2 Å². The maximum absolute atomic E-state index is 13.9. The first-order valence-corrected chi connectivity index (χ1v) is 14.4. The topological polar surface area (TPSA) is 104 Å². The van der Waals surface area contributed by atoms with E-state index in [0.29, 0.717) is 22.6 Å². The van der Waals surface area contributed by atoms with Crippen molar-refractivity contribution in [3.05, 3.63) is 95.2 Å². The second-order valence-electron chi connectivity index (χ2n) is 10.2. The van der Waals surface area contributed by atoms with Crippen molar-refractivity contribution in [2.24, 2.45) is 7.05 Å². The first-order chi connectivity index (χ1) is 19.0. The number of aryl methyl sites for hydroxylation is 1. The molecule has 9 heteroatoms. The van der Waals surface area contributed by atoms with Gasteiger partial charge < -0.3 is 14.0 Å². The minimum atomic E-state index is -4.15. The fraction of sp³-hybridized carbons (Fsp3) is 0.226. The summed E-state index contributed by atoms with van der Waals surface area (Å²) in [6.45, 7) is 5.60. The van der Waals surface area contributed by atoms with Crippen molar-refractivity contribution in [1.82, 2.24) is 9.29 Å². The average Bonchev–Trinajstić information content (AvgIpc) is 3.51. The summed E-state index contributed by atoms with van der Waals surface area (Å²) >= 11 is 0. The molecule has 1 aliphatic rings. The molecule has 0 aliphatic carbocycles. The van der Waals surface area contributed by atoms with Gasteiger partial charge in [0.25, 0.3) is 10.0 Å². The zero-order valence-corrected chi connectivity index (χ0v) is 23.5. The summed E-state index contributed by atoms with van der Waals surface area (Å²) < 4.78 is 41.8. The van der Waals surface area contributed by atoms with Crippen molar-refractivity contribution in [2.45, 2.75) is 37.5 Å². The predicted molar refractivity (Wildman–Crippen MR) is 153 cm³/mol. The number of sulfonamides is 1. The summed E-state index contributed by atoms with van der Waals surface area (Å²) in [5, 5.41) is 0.777. The number of rotatable bonds is 8. The number of fused-ring (bicyclic) bond motifs is 2. The van der Waals surface area contributed by atoms with E-state index in [1.54, 1.807) is 36.4 Å². The van der Waals surface area contributed by atoms with Crippen LogP contribution in [-0.4, -0.2) is 31.5 Å². The number of carbonyl (C=O) groups is 2. The van der Waals surface area contributed by atoms with Crippen LogP contribution in [0, 0.1) is 0 Å². The number of nitrogens with one attached hydrogen (secondary N) is 1. The second-order valence-corrected chi connectivity index (χ2v) is 11.8. The van der Waals surface area contributed by atoms with E-state index in [4.69, 9.17) is 9.47 Å². The van der Waals surface area contributed by atoms with Gasteiger partial charge in [0.2, 0.25) is 12.7 Å². The van der Waals surface area contributed by atoms with Crippen molar-refractivity contribution < 1.29 is 27.5 Å². The van der Waals surface area contributed by atoms with Gasteiger partial charge in [-0.25, -0.2) is 13.1 Å². The van der Waals surface area contributed by atoms with Gasteiger partial charge in [0.05, 0.1) is 10.8 Å². The van der Waals surface area contributed by atoms with Crippen molar-refractivity contribution in [2.75, 3.05) is 6.79 Å². The molecule has 0 saturated carbocycles. The first-order valence-electron chi connectivity index (χ1n) is 12.9. The Bertz CT molecular complexity index is 1750. The molecular weight excluding hydrogens is 528 g/mol. The van der Waals surface area contributed by atoms with Gasteiger partial charge in [-0.3, -0.25) is 9.59 Å². The number of carbonyl (C=O) groups excluding carboxylic acids is 2. The smallest absolute Gasteiger partial charge is 0.264 e. The van der Waals surface area contributed by atoms with Crippen molar-refractivity contribution in [3.63, 3.8) is 0 Å². The molecule has 1 atom stereocenters. The number of ketones is 1. The van der Waals surface area contributed by atoms with Crippen LogP contribution in [0.1, 0.15) is 54.9 Å². The van der Waals surface area contributed by atoms with Gasteiger partial charge in [-0.2, -0.15) is 0 Å². The number of hydrogen-bond acceptors (Lipinski definition) is 6. The molecule has 0 saturated heterocycles. The number of benzene rings is 3. The molecular formula is C31H30N2O6S.